The minimum absolute atomic E-state index is 0.0190. The first-order valence-electron chi connectivity index (χ1n) is 16.6. The summed E-state index contributed by atoms with van der Waals surface area (Å²) < 4.78 is 13.1. The highest BCUT2D eigenvalue weighted by atomic mass is 16.3. The lowest BCUT2D eigenvalue weighted by molar-refractivity contribution is -0.126. The van der Waals surface area contributed by atoms with Crippen LogP contribution in [0.3, 0.4) is 0 Å². The summed E-state index contributed by atoms with van der Waals surface area (Å²) in [5, 5.41) is 11.5. The molecule has 1 saturated heterocycles. The van der Waals surface area contributed by atoms with Crippen LogP contribution in [-0.2, 0) is 23.1 Å². The number of hydrogen-bond acceptors (Lipinski definition) is 9. The number of aromatic nitrogens is 3. The van der Waals surface area contributed by atoms with Gasteiger partial charge in [0, 0.05) is 32.3 Å². The Bertz CT molecular complexity index is 1880. The SMILES string of the molecule is CC(C)C[C@H]1NC(=O)c2coc(n2)[C@H](Cc2ccccc2)NC(=O)[C@@H]2C[C@H](NC(=O)c3cccn3C)CN2C(=O)c2coc(n2)[C@@H](C)NC1=O. The van der Waals surface area contributed by atoms with Crippen LogP contribution in [0, 0.1) is 5.92 Å². The Hall–Kier alpha value is -5.73. The molecule has 5 heterocycles. The van der Waals surface area contributed by atoms with Crippen molar-refractivity contribution in [2.45, 2.75) is 70.2 Å². The van der Waals surface area contributed by atoms with Crippen LogP contribution in [0.2, 0.25) is 0 Å². The number of carbonyl (C=O) groups excluding carboxylic acids is 5. The number of oxazole rings is 2. The lowest BCUT2D eigenvalue weighted by atomic mass is 10.0. The maximum atomic E-state index is 14.2. The van der Waals surface area contributed by atoms with E-state index in [2.05, 4.69) is 31.2 Å². The summed E-state index contributed by atoms with van der Waals surface area (Å²) in [6.07, 6.45) is 4.81. The molecule has 6 rings (SSSR count). The van der Waals surface area contributed by atoms with Crippen molar-refractivity contribution in [1.82, 2.24) is 40.7 Å². The lowest BCUT2D eigenvalue weighted by Gasteiger charge is -2.25. The topological polar surface area (TPSA) is 194 Å². The molecule has 5 amide bonds. The molecule has 50 heavy (non-hydrogen) atoms. The summed E-state index contributed by atoms with van der Waals surface area (Å²) in [6, 6.07) is 8.65. The van der Waals surface area contributed by atoms with E-state index in [1.165, 1.54) is 17.4 Å². The van der Waals surface area contributed by atoms with Gasteiger partial charge in [0.25, 0.3) is 17.7 Å². The first kappa shape index (κ1) is 34.1. The van der Waals surface area contributed by atoms with E-state index in [4.69, 9.17) is 8.83 Å². The van der Waals surface area contributed by atoms with Crippen LogP contribution >= 0.6 is 0 Å². The van der Waals surface area contributed by atoms with Crippen molar-refractivity contribution in [1.29, 1.82) is 0 Å². The number of aryl methyl sites for hydroxylation is 1. The van der Waals surface area contributed by atoms with E-state index in [1.54, 1.807) is 36.9 Å². The van der Waals surface area contributed by atoms with Crippen LogP contribution in [0.1, 0.15) is 94.5 Å². The van der Waals surface area contributed by atoms with E-state index in [9.17, 15) is 24.0 Å². The van der Waals surface area contributed by atoms with Crippen molar-refractivity contribution in [2.75, 3.05) is 6.54 Å². The number of nitrogens with one attached hydrogen (secondary N) is 4. The van der Waals surface area contributed by atoms with Crippen LogP contribution in [-0.4, -0.2) is 73.6 Å². The highest BCUT2D eigenvalue weighted by molar-refractivity contribution is 5.98. The van der Waals surface area contributed by atoms with E-state index in [0.29, 0.717) is 12.1 Å². The van der Waals surface area contributed by atoms with E-state index in [0.717, 1.165) is 5.56 Å². The number of fused-ring (bicyclic) bond motifs is 5. The minimum atomic E-state index is -1.02. The van der Waals surface area contributed by atoms with Gasteiger partial charge in [-0.15, -0.1) is 0 Å². The summed E-state index contributed by atoms with van der Waals surface area (Å²) in [7, 11) is 1.75. The summed E-state index contributed by atoms with van der Waals surface area (Å²) in [5.41, 5.74) is 1.14. The molecule has 4 N–H and O–H groups in total. The Morgan fingerprint density at radius 1 is 0.920 bits per heavy atom. The molecule has 4 bridgehead atoms. The highest BCUT2D eigenvalue weighted by Crippen LogP contribution is 2.26. The van der Waals surface area contributed by atoms with Crippen molar-refractivity contribution < 1.29 is 32.8 Å². The summed E-state index contributed by atoms with van der Waals surface area (Å²) in [5.74, 6) is -2.35. The molecule has 15 nitrogen and oxygen atoms in total. The van der Waals surface area contributed by atoms with Gasteiger partial charge in [-0.1, -0.05) is 44.2 Å². The van der Waals surface area contributed by atoms with Gasteiger partial charge in [-0.05, 0) is 43.4 Å². The Morgan fingerprint density at radius 2 is 1.64 bits per heavy atom. The van der Waals surface area contributed by atoms with E-state index in [-0.39, 0.29) is 54.4 Å². The van der Waals surface area contributed by atoms with Crippen molar-refractivity contribution in [3.8, 4) is 0 Å². The molecule has 0 saturated carbocycles. The zero-order valence-corrected chi connectivity index (χ0v) is 28.2. The number of amides is 5. The van der Waals surface area contributed by atoms with Gasteiger partial charge in [0.2, 0.25) is 23.6 Å². The average molecular weight is 685 g/mol. The Morgan fingerprint density at radius 3 is 2.36 bits per heavy atom. The predicted octanol–water partition coefficient (Wildman–Crippen LogP) is 2.45. The number of rotatable bonds is 6. The second-order valence-corrected chi connectivity index (χ2v) is 13.2. The third-order valence-corrected chi connectivity index (χ3v) is 8.83. The first-order valence-corrected chi connectivity index (χ1v) is 16.6. The zero-order chi connectivity index (χ0) is 35.5. The molecular weight excluding hydrogens is 644 g/mol. The number of benzene rings is 1. The molecule has 3 aromatic heterocycles. The Labute approximate surface area is 288 Å². The van der Waals surface area contributed by atoms with Crippen LogP contribution in [0.15, 0.2) is 70.0 Å². The maximum absolute atomic E-state index is 14.2. The quantitative estimate of drug-likeness (QED) is 0.236. The summed E-state index contributed by atoms with van der Waals surface area (Å²) >= 11 is 0. The number of nitrogens with zero attached hydrogens (tertiary/aromatic N) is 4. The van der Waals surface area contributed by atoms with Gasteiger partial charge < -0.3 is 39.6 Å². The smallest absolute Gasteiger partial charge is 0.276 e. The molecule has 0 aliphatic carbocycles. The lowest BCUT2D eigenvalue weighted by Crippen LogP contribution is -2.48. The molecule has 2 aliphatic heterocycles. The van der Waals surface area contributed by atoms with Gasteiger partial charge in [-0.3, -0.25) is 24.0 Å². The molecule has 1 fully saturated rings. The van der Waals surface area contributed by atoms with Crippen LogP contribution in [0.25, 0.3) is 0 Å². The van der Waals surface area contributed by atoms with Gasteiger partial charge in [-0.2, -0.15) is 0 Å². The molecule has 0 radical (unpaired) electrons. The molecule has 5 atom stereocenters. The third kappa shape index (κ3) is 7.46. The Kier molecular flexibility index (Phi) is 9.83. The summed E-state index contributed by atoms with van der Waals surface area (Å²) in [6.45, 7) is 5.51. The van der Waals surface area contributed by atoms with Gasteiger partial charge in [0.1, 0.15) is 42.4 Å². The fourth-order valence-corrected chi connectivity index (χ4v) is 6.28. The standard InChI is InChI=1S/C35H40N8O7/c1-19(2)13-23-29(44)36-20(3)33-41-26(18-49-33)35(48)43-16-22(37-31(46)27-11-8-12-42(27)4)15-28(43)32(47)39-24(14-21-9-6-5-7-10-21)34-40-25(17-50-34)30(45)38-23/h5-12,17-20,22-24,28H,13-16H2,1-4H3,(H,36,44)(H,37,46)(H,38,45)(H,39,47)/t20-,22+,23-,24+,28+/m1/s1. The van der Waals surface area contributed by atoms with Crippen molar-refractivity contribution in [3.05, 3.63) is 95.6 Å². The monoisotopic (exact) mass is 684 g/mol. The Balaban J connectivity index is 1.36. The molecule has 4 aromatic rings. The minimum Gasteiger partial charge on any atom is -0.446 e. The van der Waals surface area contributed by atoms with Gasteiger partial charge in [-0.25, -0.2) is 9.97 Å². The largest absolute Gasteiger partial charge is 0.446 e. The molecule has 0 spiro atoms. The third-order valence-electron chi connectivity index (χ3n) is 8.83. The predicted molar refractivity (Wildman–Crippen MR) is 177 cm³/mol. The molecule has 0 unspecified atom stereocenters. The first-order chi connectivity index (χ1) is 24.0. The van der Waals surface area contributed by atoms with Crippen LogP contribution in [0.4, 0.5) is 0 Å². The fourth-order valence-electron chi connectivity index (χ4n) is 6.28. The van der Waals surface area contributed by atoms with Gasteiger partial charge in [0.15, 0.2) is 11.4 Å². The van der Waals surface area contributed by atoms with Crippen LogP contribution in [0.5, 0.6) is 0 Å². The van der Waals surface area contributed by atoms with E-state index < -0.39 is 53.8 Å². The molecule has 262 valence electrons. The number of carbonyl (C=O) groups is 5. The molecule has 15 heteroatoms. The number of hydrogen-bond donors (Lipinski definition) is 4. The molecular formula is C35H40N8O7. The van der Waals surface area contributed by atoms with Crippen molar-refractivity contribution in [2.24, 2.45) is 13.0 Å². The van der Waals surface area contributed by atoms with E-state index in [1.807, 2.05) is 44.2 Å². The van der Waals surface area contributed by atoms with E-state index >= 15 is 0 Å². The zero-order valence-electron chi connectivity index (χ0n) is 28.2. The fraction of sp³-hybridized carbons (Fsp3) is 0.400. The van der Waals surface area contributed by atoms with Gasteiger partial charge in [0.05, 0.1) is 0 Å². The van der Waals surface area contributed by atoms with Gasteiger partial charge >= 0.3 is 0 Å². The maximum Gasteiger partial charge on any atom is 0.276 e. The normalized spacial score (nSPS) is 23.1. The summed E-state index contributed by atoms with van der Waals surface area (Å²) in [4.78, 5) is 78.3. The van der Waals surface area contributed by atoms with Crippen LogP contribution < -0.4 is 21.3 Å². The van der Waals surface area contributed by atoms with Crippen molar-refractivity contribution >= 4 is 29.5 Å². The molecule has 1 aromatic carbocycles. The molecule has 2 aliphatic rings. The van der Waals surface area contributed by atoms with Crippen molar-refractivity contribution in [3.63, 3.8) is 0 Å². The second kappa shape index (κ2) is 14.4. The average Bonchev–Trinajstić information content (AvgIpc) is 3.90. The second-order valence-electron chi connectivity index (χ2n) is 13.2. The highest BCUT2D eigenvalue weighted by Gasteiger charge is 2.43.